The Morgan fingerprint density at radius 2 is 1.90 bits per heavy atom. The second-order valence-corrected chi connectivity index (χ2v) is 5.70. The molecule has 0 heterocycles. The second-order valence-electron chi connectivity index (χ2n) is 4.53. The standard InChI is InChI=1S/C16H15BrClNO/c1-11-3-2-4-14(15(11)18)16(20)19-13-7-5-12(6-8-13)9-10-17/h2-8H,9-10H2,1H3,(H,19,20). The lowest BCUT2D eigenvalue weighted by atomic mass is 10.1. The number of anilines is 1. The first-order valence-electron chi connectivity index (χ1n) is 6.33. The number of benzene rings is 2. The van der Waals surface area contributed by atoms with Gasteiger partial charge in [0.2, 0.25) is 0 Å². The Labute approximate surface area is 132 Å². The Morgan fingerprint density at radius 3 is 2.55 bits per heavy atom. The monoisotopic (exact) mass is 351 g/mol. The Kier molecular flexibility index (Phi) is 5.21. The predicted octanol–water partition coefficient (Wildman–Crippen LogP) is 4.84. The fraction of sp³-hybridized carbons (Fsp3) is 0.188. The molecule has 0 fully saturated rings. The Hall–Kier alpha value is -1.32. The molecule has 0 aliphatic rings. The molecule has 2 aromatic carbocycles. The van der Waals surface area contributed by atoms with Crippen molar-refractivity contribution in [1.82, 2.24) is 0 Å². The van der Waals surface area contributed by atoms with Crippen LogP contribution in [0.15, 0.2) is 42.5 Å². The van der Waals surface area contributed by atoms with E-state index in [1.165, 1.54) is 5.56 Å². The van der Waals surface area contributed by atoms with E-state index in [-0.39, 0.29) is 5.91 Å². The number of carbonyl (C=O) groups excluding carboxylic acids is 1. The zero-order chi connectivity index (χ0) is 14.5. The van der Waals surface area contributed by atoms with Crippen molar-refractivity contribution in [1.29, 1.82) is 0 Å². The largest absolute Gasteiger partial charge is 0.322 e. The van der Waals surface area contributed by atoms with Crippen LogP contribution in [0.5, 0.6) is 0 Å². The smallest absolute Gasteiger partial charge is 0.257 e. The highest BCUT2D eigenvalue weighted by atomic mass is 79.9. The van der Waals surface area contributed by atoms with Crippen LogP contribution in [0.25, 0.3) is 0 Å². The van der Waals surface area contributed by atoms with Crippen LogP contribution in [0.4, 0.5) is 5.69 Å². The lowest BCUT2D eigenvalue weighted by Crippen LogP contribution is -2.12. The summed E-state index contributed by atoms with van der Waals surface area (Å²) >= 11 is 9.56. The number of alkyl halides is 1. The molecule has 104 valence electrons. The Morgan fingerprint density at radius 1 is 1.20 bits per heavy atom. The van der Waals surface area contributed by atoms with Crippen LogP contribution in [0.2, 0.25) is 5.02 Å². The van der Waals surface area contributed by atoms with Gasteiger partial charge in [-0.3, -0.25) is 4.79 Å². The maximum absolute atomic E-state index is 12.2. The number of rotatable bonds is 4. The molecule has 0 aliphatic heterocycles. The molecule has 0 radical (unpaired) electrons. The van der Waals surface area contributed by atoms with E-state index in [2.05, 4.69) is 21.2 Å². The maximum Gasteiger partial charge on any atom is 0.257 e. The average Bonchev–Trinajstić information content (AvgIpc) is 2.44. The summed E-state index contributed by atoms with van der Waals surface area (Å²) in [5.74, 6) is -0.188. The normalized spacial score (nSPS) is 10.3. The molecule has 4 heteroatoms. The van der Waals surface area contributed by atoms with Crippen LogP contribution in [-0.2, 0) is 6.42 Å². The molecule has 2 aromatic rings. The summed E-state index contributed by atoms with van der Waals surface area (Å²) in [6, 6.07) is 13.3. The van der Waals surface area contributed by atoms with E-state index < -0.39 is 0 Å². The van der Waals surface area contributed by atoms with Gasteiger partial charge in [-0.25, -0.2) is 0 Å². The molecule has 20 heavy (non-hydrogen) atoms. The number of hydrogen-bond acceptors (Lipinski definition) is 1. The molecule has 1 amide bonds. The van der Waals surface area contributed by atoms with Crippen LogP contribution < -0.4 is 5.32 Å². The number of halogens is 2. The van der Waals surface area contributed by atoms with Gasteiger partial charge in [0.15, 0.2) is 0 Å². The third-order valence-corrected chi connectivity index (χ3v) is 3.93. The van der Waals surface area contributed by atoms with E-state index in [9.17, 15) is 4.79 Å². The van der Waals surface area contributed by atoms with Crippen molar-refractivity contribution in [3.8, 4) is 0 Å². The van der Waals surface area contributed by atoms with Gasteiger partial charge >= 0.3 is 0 Å². The molecular formula is C16H15BrClNO. The molecule has 2 nitrogen and oxygen atoms in total. The predicted molar refractivity (Wildman–Crippen MR) is 88.1 cm³/mol. The van der Waals surface area contributed by atoms with Crippen LogP contribution in [-0.4, -0.2) is 11.2 Å². The lowest BCUT2D eigenvalue weighted by molar-refractivity contribution is 0.102. The van der Waals surface area contributed by atoms with Gasteiger partial charge in [0, 0.05) is 11.0 Å². The SMILES string of the molecule is Cc1cccc(C(=O)Nc2ccc(CCBr)cc2)c1Cl. The third-order valence-electron chi connectivity index (χ3n) is 3.03. The van der Waals surface area contributed by atoms with Crippen molar-refractivity contribution in [3.05, 3.63) is 64.2 Å². The molecule has 2 rings (SSSR count). The van der Waals surface area contributed by atoms with E-state index in [4.69, 9.17) is 11.6 Å². The van der Waals surface area contributed by atoms with Gasteiger partial charge in [-0.15, -0.1) is 0 Å². The topological polar surface area (TPSA) is 29.1 Å². The van der Waals surface area contributed by atoms with Crippen molar-refractivity contribution in [2.24, 2.45) is 0 Å². The summed E-state index contributed by atoms with van der Waals surface area (Å²) in [6.07, 6.45) is 0.970. The molecule has 0 unspecified atom stereocenters. The van der Waals surface area contributed by atoms with Crippen LogP contribution in [0.3, 0.4) is 0 Å². The highest BCUT2D eigenvalue weighted by Crippen LogP contribution is 2.21. The molecule has 0 aliphatic carbocycles. The zero-order valence-electron chi connectivity index (χ0n) is 11.1. The Bertz CT molecular complexity index is 610. The van der Waals surface area contributed by atoms with E-state index in [1.54, 1.807) is 6.07 Å². The van der Waals surface area contributed by atoms with Crippen LogP contribution >= 0.6 is 27.5 Å². The maximum atomic E-state index is 12.2. The molecule has 0 saturated heterocycles. The first-order valence-corrected chi connectivity index (χ1v) is 7.83. The average molecular weight is 353 g/mol. The molecular weight excluding hydrogens is 338 g/mol. The van der Waals surface area contributed by atoms with Crippen molar-refractivity contribution in [3.63, 3.8) is 0 Å². The van der Waals surface area contributed by atoms with E-state index in [0.29, 0.717) is 10.6 Å². The fourth-order valence-corrected chi connectivity index (χ4v) is 2.55. The summed E-state index contributed by atoms with van der Waals surface area (Å²) in [4.78, 5) is 12.2. The van der Waals surface area contributed by atoms with Gasteiger partial charge in [-0.2, -0.15) is 0 Å². The molecule has 0 aromatic heterocycles. The van der Waals surface area contributed by atoms with Crippen molar-refractivity contribution < 1.29 is 4.79 Å². The van der Waals surface area contributed by atoms with Gasteiger partial charge in [0.25, 0.3) is 5.91 Å². The minimum absolute atomic E-state index is 0.188. The quantitative estimate of drug-likeness (QED) is 0.784. The zero-order valence-corrected chi connectivity index (χ0v) is 13.5. The number of carbonyl (C=O) groups is 1. The third kappa shape index (κ3) is 3.62. The van der Waals surface area contributed by atoms with Crippen molar-refractivity contribution in [2.75, 3.05) is 10.6 Å². The first kappa shape index (κ1) is 15.1. The second kappa shape index (κ2) is 6.91. The van der Waals surface area contributed by atoms with E-state index in [1.807, 2.05) is 43.3 Å². The summed E-state index contributed by atoms with van der Waals surface area (Å²) in [6.45, 7) is 1.88. The van der Waals surface area contributed by atoms with Gasteiger partial charge in [0.05, 0.1) is 10.6 Å². The fourth-order valence-electron chi connectivity index (χ4n) is 1.89. The van der Waals surface area contributed by atoms with Crippen molar-refractivity contribution >= 4 is 39.1 Å². The Balaban J connectivity index is 2.13. The van der Waals surface area contributed by atoms with Gasteiger partial charge in [-0.1, -0.05) is 51.8 Å². The van der Waals surface area contributed by atoms with Crippen LogP contribution in [0, 0.1) is 6.92 Å². The molecule has 0 saturated carbocycles. The highest BCUT2D eigenvalue weighted by molar-refractivity contribution is 9.09. The van der Waals surface area contributed by atoms with Gasteiger partial charge in [-0.05, 0) is 42.7 Å². The molecule has 0 atom stereocenters. The van der Waals surface area contributed by atoms with E-state index in [0.717, 1.165) is 23.0 Å². The number of hydrogen-bond donors (Lipinski definition) is 1. The molecule has 0 bridgehead atoms. The minimum Gasteiger partial charge on any atom is -0.322 e. The lowest BCUT2D eigenvalue weighted by Gasteiger charge is -2.09. The summed E-state index contributed by atoms with van der Waals surface area (Å²) in [5.41, 5.74) is 3.39. The van der Waals surface area contributed by atoms with Crippen LogP contribution in [0.1, 0.15) is 21.5 Å². The van der Waals surface area contributed by atoms with Crippen molar-refractivity contribution in [2.45, 2.75) is 13.3 Å². The highest BCUT2D eigenvalue weighted by Gasteiger charge is 2.11. The number of nitrogens with one attached hydrogen (secondary N) is 1. The van der Waals surface area contributed by atoms with Gasteiger partial charge in [0.1, 0.15) is 0 Å². The number of amides is 1. The minimum atomic E-state index is -0.188. The first-order chi connectivity index (χ1) is 9.61. The number of aryl methyl sites for hydroxylation is 2. The molecule has 0 spiro atoms. The summed E-state index contributed by atoms with van der Waals surface area (Å²) in [5, 5.41) is 4.29. The summed E-state index contributed by atoms with van der Waals surface area (Å²) < 4.78 is 0. The molecule has 1 N–H and O–H groups in total. The van der Waals surface area contributed by atoms with E-state index >= 15 is 0 Å². The summed E-state index contributed by atoms with van der Waals surface area (Å²) in [7, 11) is 0. The van der Waals surface area contributed by atoms with Gasteiger partial charge < -0.3 is 5.32 Å².